The fourth-order valence-electron chi connectivity index (χ4n) is 4.61. The lowest BCUT2D eigenvalue weighted by molar-refractivity contribution is -0.197. The molecule has 2 aliphatic heterocycles. The van der Waals surface area contributed by atoms with E-state index in [1.165, 1.54) is 6.33 Å². The standard InChI is InChI=1S/C24H31N7O5/c1-24(2)35-18-16(11-30(3)10-9-26-23(32)33-12-15-7-5-4-6-8-15)34-22(19(18)36-24)31-14-29-17-20(25)27-13-28-21(17)31/h4-8,13-14,16,18-19,22H,9-12H2,1-3H3,(H,26,32)(H2,25,27,28)/t16-,18-,19-,22?/m1/s1. The van der Waals surface area contributed by atoms with Crippen LogP contribution in [-0.2, 0) is 25.6 Å². The van der Waals surface area contributed by atoms with Crippen LogP contribution in [0.1, 0.15) is 25.6 Å². The Kier molecular flexibility index (Phi) is 6.75. The second-order valence-electron chi connectivity index (χ2n) is 9.46. The Morgan fingerprint density at radius 3 is 2.78 bits per heavy atom. The van der Waals surface area contributed by atoms with Crippen molar-refractivity contribution in [2.24, 2.45) is 0 Å². The molecule has 2 saturated heterocycles. The number of nitrogens with zero attached hydrogens (tertiary/aromatic N) is 5. The fraction of sp³-hybridized carbons (Fsp3) is 0.500. The van der Waals surface area contributed by atoms with Gasteiger partial charge in [0.05, 0.1) is 6.33 Å². The third-order valence-electron chi connectivity index (χ3n) is 6.25. The van der Waals surface area contributed by atoms with Crippen molar-refractivity contribution in [1.82, 2.24) is 29.7 Å². The fourth-order valence-corrected chi connectivity index (χ4v) is 4.61. The summed E-state index contributed by atoms with van der Waals surface area (Å²) in [5.41, 5.74) is 7.99. The Labute approximate surface area is 208 Å². The molecule has 36 heavy (non-hydrogen) atoms. The molecule has 1 unspecified atom stereocenters. The minimum Gasteiger partial charge on any atom is -0.445 e. The molecule has 1 amide bonds. The molecule has 0 radical (unpaired) electrons. The third-order valence-corrected chi connectivity index (χ3v) is 6.25. The Bertz CT molecular complexity index is 1200. The summed E-state index contributed by atoms with van der Waals surface area (Å²) in [6.07, 6.45) is 1.21. The van der Waals surface area contributed by atoms with E-state index in [0.29, 0.717) is 36.6 Å². The third kappa shape index (κ3) is 5.12. The zero-order chi connectivity index (χ0) is 25.3. The summed E-state index contributed by atoms with van der Waals surface area (Å²) in [6, 6.07) is 9.56. The van der Waals surface area contributed by atoms with Gasteiger partial charge in [0.15, 0.2) is 23.5 Å². The van der Waals surface area contributed by atoms with Crippen molar-refractivity contribution >= 4 is 23.1 Å². The summed E-state index contributed by atoms with van der Waals surface area (Å²) in [5, 5.41) is 2.79. The van der Waals surface area contributed by atoms with E-state index in [-0.39, 0.29) is 24.9 Å². The molecule has 192 valence electrons. The second kappa shape index (κ2) is 9.97. The van der Waals surface area contributed by atoms with Crippen molar-refractivity contribution in [3.63, 3.8) is 0 Å². The highest BCUT2D eigenvalue weighted by Gasteiger charge is 2.56. The summed E-state index contributed by atoms with van der Waals surface area (Å²) < 4.78 is 25.9. The minimum absolute atomic E-state index is 0.232. The number of nitrogens with two attached hydrogens (primary N) is 1. The average Bonchev–Trinajstić information content (AvgIpc) is 3.50. The number of nitrogen functional groups attached to an aromatic ring is 1. The first kappa shape index (κ1) is 24.4. The molecule has 1 aromatic carbocycles. The van der Waals surface area contributed by atoms with Crippen molar-refractivity contribution in [3.05, 3.63) is 48.5 Å². The van der Waals surface area contributed by atoms with E-state index in [0.717, 1.165) is 5.56 Å². The SMILES string of the molecule is CN(CCNC(=O)OCc1ccccc1)C[C@H]1OC(n2cnc3c(N)ncnc32)[C@@H]2OC(C)(C)O[C@H]12. The number of fused-ring (bicyclic) bond motifs is 2. The maximum absolute atomic E-state index is 12.0. The lowest BCUT2D eigenvalue weighted by Gasteiger charge is -2.27. The van der Waals surface area contributed by atoms with E-state index in [9.17, 15) is 4.79 Å². The molecule has 2 aromatic heterocycles. The molecule has 0 bridgehead atoms. The number of hydrogen-bond acceptors (Lipinski definition) is 10. The summed E-state index contributed by atoms with van der Waals surface area (Å²) in [6.45, 7) is 5.61. The van der Waals surface area contributed by atoms with Crippen LogP contribution in [0.25, 0.3) is 11.2 Å². The van der Waals surface area contributed by atoms with E-state index >= 15 is 0 Å². The molecule has 3 N–H and O–H groups in total. The van der Waals surface area contributed by atoms with Crippen LogP contribution in [0.2, 0.25) is 0 Å². The molecule has 12 nitrogen and oxygen atoms in total. The summed E-state index contributed by atoms with van der Waals surface area (Å²) >= 11 is 0. The number of carbonyl (C=O) groups excluding carboxylic acids is 1. The highest BCUT2D eigenvalue weighted by atomic mass is 16.8. The first-order chi connectivity index (χ1) is 17.3. The monoisotopic (exact) mass is 497 g/mol. The van der Waals surface area contributed by atoms with Gasteiger partial charge in [-0.3, -0.25) is 4.57 Å². The van der Waals surface area contributed by atoms with Crippen LogP contribution in [0.3, 0.4) is 0 Å². The highest BCUT2D eigenvalue weighted by molar-refractivity contribution is 5.81. The molecule has 4 heterocycles. The van der Waals surface area contributed by atoms with Crippen molar-refractivity contribution in [2.45, 2.75) is 50.8 Å². The van der Waals surface area contributed by atoms with Gasteiger partial charge >= 0.3 is 6.09 Å². The molecule has 3 aromatic rings. The van der Waals surface area contributed by atoms with Crippen LogP contribution in [0.5, 0.6) is 0 Å². The second-order valence-corrected chi connectivity index (χ2v) is 9.46. The van der Waals surface area contributed by atoms with E-state index in [4.69, 9.17) is 24.7 Å². The normalized spacial score (nSPS) is 24.8. The van der Waals surface area contributed by atoms with Crippen molar-refractivity contribution in [1.29, 1.82) is 0 Å². The number of ether oxygens (including phenoxy) is 4. The van der Waals surface area contributed by atoms with Gasteiger partial charge in [-0.25, -0.2) is 19.7 Å². The first-order valence-corrected chi connectivity index (χ1v) is 11.9. The predicted molar refractivity (Wildman–Crippen MR) is 130 cm³/mol. The number of aromatic nitrogens is 4. The molecule has 0 aliphatic carbocycles. The maximum Gasteiger partial charge on any atom is 0.407 e. The maximum atomic E-state index is 12.0. The van der Waals surface area contributed by atoms with Gasteiger partial charge in [-0.05, 0) is 26.5 Å². The van der Waals surface area contributed by atoms with E-state index in [2.05, 4.69) is 25.2 Å². The summed E-state index contributed by atoms with van der Waals surface area (Å²) in [7, 11) is 1.96. The molecule has 2 aliphatic rings. The number of amides is 1. The molecule has 0 spiro atoms. The number of imidazole rings is 1. The Morgan fingerprint density at radius 2 is 1.97 bits per heavy atom. The van der Waals surface area contributed by atoms with Gasteiger partial charge in [-0.15, -0.1) is 0 Å². The number of likely N-dealkylation sites (N-methyl/N-ethyl adjacent to an activating group) is 1. The lowest BCUT2D eigenvalue weighted by Crippen LogP contribution is -2.41. The van der Waals surface area contributed by atoms with Gasteiger partial charge < -0.3 is 34.9 Å². The number of anilines is 1. The highest BCUT2D eigenvalue weighted by Crippen LogP contribution is 2.43. The smallest absolute Gasteiger partial charge is 0.407 e. The van der Waals surface area contributed by atoms with Gasteiger partial charge in [-0.2, -0.15) is 0 Å². The van der Waals surface area contributed by atoms with Crippen molar-refractivity contribution < 1.29 is 23.7 Å². The van der Waals surface area contributed by atoms with Gasteiger partial charge in [0, 0.05) is 19.6 Å². The predicted octanol–water partition coefficient (Wildman–Crippen LogP) is 1.68. The van der Waals surface area contributed by atoms with E-state index < -0.39 is 18.1 Å². The topological polar surface area (TPSA) is 139 Å². The van der Waals surface area contributed by atoms with Crippen molar-refractivity contribution in [2.75, 3.05) is 32.4 Å². The largest absolute Gasteiger partial charge is 0.445 e. The van der Waals surface area contributed by atoms with Crippen LogP contribution in [-0.4, -0.2) is 81.3 Å². The molecular weight excluding hydrogens is 466 g/mol. The number of hydrogen-bond donors (Lipinski definition) is 2. The molecule has 0 saturated carbocycles. The quantitative estimate of drug-likeness (QED) is 0.472. The summed E-state index contributed by atoms with van der Waals surface area (Å²) in [4.78, 5) is 26.8. The molecular formula is C24H31N7O5. The van der Waals surface area contributed by atoms with Crippen LogP contribution in [0.4, 0.5) is 10.6 Å². The first-order valence-electron chi connectivity index (χ1n) is 11.9. The zero-order valence-corrected chi connectivity index (χ0v) is 20.5. The van der Waals surface area contributed by atoms with Gasteiger partial charge in [0.2, 0.25) is 0 Å². The Balaban J connectivity index is 1.18. The van der Waals surface area contributed by atoms with Crippen LogP contribution in [0.15, 0.2) is 43.0 Å². The number of alkyl carbamates (subject to hydrolysis) is 1. The number of nitrogens with one attached hydrogen (secondary N) is 1. The van der Waals surface area contributed by atoms with Crippen molar-refractivity contribution in [3.8, 4) is 0 Å². The Morgan fingerprint density at radius 1 is 1.19 bits per heavy atom. The van der Waals surface area contributed by atoms with Gasteiger partial charge in [0.25, 0.3) is 0 Å². The molecule has 5 rings (SSSR count). The number of carbonyl (C=O) groups is 1. The van der Waals surface area contributed by atoms with Crippen LogP contribution < -0.4 is 11.1 Å². The zero-order valence-electron chi connectivity index (χ0n) is 20.5. The minimum atomic E-state index is -0.747. The van der Waals surface area contributed by atoms with Crippen LogP contribution in [0, 0.1) is 0 Å². The Hall–Kier alpha value is -3.32. The molecule has 12 heteroatoms. The lowest BCUT2D eigenvalue weighted by atomic mass is 10.1. The van der Waals surface area contributed by atoms with E-state index in [1.807, 2.05) is 55.8 Å². The van der Waals surface area contributed by atoms with Crippen LogP contribution >= 0.6 is 0 Å². The molecule has 2 fully saturated rings. The summed E-state index contributed by atoms with van der Waals surface area (Å²) in [5.74, 6) is -0.439. The van der Waals surface area contributed by atoms with E-state index in [1.54, 1.807) is 6.33 Å². The van der Waals surface area contributed by atoms with Gasteiger partial charge in [-0.1, -0.05) is 30.3 Å². The average molecular weight is 498 g/mol. The number of benzene rings is 1. The van der Waals surface area contributed by atoms with Gasteiger partial charge in [0.1, 0.15) is 36.8 Å². The molecule has 4 atom stereocenters. The number of rotatable bonds is 8.